The molecule has 0 aromatic heterocycles. The molecule has 1 amide bonds. The third-order valence-electron chi connectivity index (χ3n) is 5.50. The molecule has 0 saturated carbocycles. The smallest absolute Gasteiger partial charge is 0.396 e. The molecule has 1 aromatic rings. The second-order valence-electron chi connectivity index (χ2n) is 7.77. The summed E-state index contributed by atoms with van der Waals surface area (Å²) in [6, 6.07) is 4.82. The highest BCUT2D eigenvalue weighted by Crippen LogP contribution is 2.38. The molecular weight excluding hydrogens is 355 g/mol. The third-order valence-corrected chi connectivity index (χ3v) is 5.50. The van der Waals surface area contributed by atoms with Crippen LogP contribution in [0.3, 0.4) is 0 Å². The second kappa shape index (κ2) is 8.91. The average molecular weight is 383 g/mol. The Morgan fingerprint density at radius 2 is 1.89 bits per heavy atom. The number of hydrogen-bond acceptors (Lipinski definition) is 2. The molecule has 150 valence electrons. The van der Waals surface area contributed by atoms with E-state index < -0.39 is 11.7 Å². The number of allylic oxidation sites excluding steroid dienone is 1. The van der Waals surface area contributed by atoms with Gasteiger partial charge in [-0.3, -0.25) is 4.79 Å². The fourth-order valence-electron chi connectivity index (χ4n) is 3.79. The molecular formula is C21H28F3NO2. The quantitative estimate of drug-likeness (QED) is 0.708. The highest BCUT2D eigenvalue weighted by molar-refractivity contribution is 5.76. The Hall–Kier alpha value is -1.82. The third kappa shape index (κ3) is 5.83. The van der Waals surface area contributed by atoms with Crippen LogP contribution in [0.1, 0.15) is 44.7 Å². The lowest BCUT2D eigenvalue weighted by molar-refractivity contribution is -0.137. The van der Waals surface area contributed by atoms with Gasteiger partial charge in [-0.25, -0.2) is 0 Å². The largest absolute Gasteiger partial charge is 0.416 e. The second-order valence-corrected chi connectivity index (χ2v) is 7.77. The number of halogens is 3. The molecule has 0 aliphatic heterocycles. The van der Waals surface area contributed by atoms with Crippen LogP contribution in [-0.2, 0) is 17.5 Å². The molecule has 0 bridgehead atoms. The summed E-state index contributed by atoms with van der Waals surface area (Å²) in [4.78, 5) is 12.3. The highest BCUT2D eigenvalue weighted by atomic mass is 19.4. The Balaban J connectivity index is 1.91. The first-order chi connectivity index (χ1) is 12.6. The number of benzene rings is 1. The van der Waals surface area contributed by atoms with Crippen molar-refractivity contribution >= 4 is 5.91 Å². The van der Waals surface area contributed by atoms with E-state index >= 15 is 0 Å². The van der Waals surface area contributed by atoms with Crippen molar-refractivity contribution in [1.82, 2.24) is 5.32 Å². The Bertz CT molecular complexity index is 665. The summed E-state index contributed by atoms with van der Waals surface area (Å²) in [5, 5.41) is 12.4. The average Bonchev–Trinajstić information content (AvgIpc) is 2.60. The molecule has 3 unspecified atom stereocenters. The minimum Gasteiger partial charge on any atom is -0.396 e. The lowest BCUT2D eigenvalue weighted by atomic mass is 9.70. The number of carbonyl (C=O) groups excluding carboxylic acids is 1. The molecule has 3 nitrogen and oxygen atoms in total. The predicted molar refractivity (Wildman–Crippen MR) is 98.7 cm³/mol. The normalized spacial score (nSPS) is 23.3. The van der Waals surface area contributed by atoms with Crippen molar-refractivity contribution in [3.8, 4) is 0 Å². The fourth-order valence-corrected chi connectivity index (χ4v) is 3.79. The Morgan fingerprint density at radius 3 is 2.41 bits per heavy atom. The van der Waals surface area contributed by atoms with Crippen LogP contribution in [0.4, 0.5) is 13.2 Å². The van der Waals surface area contributed by atoms with E-state index in [-0.39, 0.29) is 30.9 Å². The maximum Gasteiger partial charge on any atom is 0.416 e. The molecule has 6 heteroatoms. The molecule has 27 heavy (non-hydrogen) atoms. The van der Waals surface area contributed by atoms with Crippen molar-refractivity contribution in [1.29, 1.82) is 0 Å². The summed E-state index contributed by atoms with van der Waals surface area (Å²) >= 11 is 0. The van der Waals surface area contributed by atoms with Gasteiger partial charge in [0, 0.05) is 25.5 Å². The standard InChI is InChI=1S/C21H28F3NO2/c1-13(2)19-9-16(14(3)8-17(19)12-26)10-20(27)25-11-15-4-6-18(7-5-15)21(22,23)24/h4-8,13,16-17,19,26H,9-12H2,1-3H3,(H,25,27). The van der Waals surface area contributed by atoms with E-state index in [4.69, 9.17) is 0 Å². The first-order valence-corrected chi connectivity index (χ1v) is 9.33. The monoisotopic (exact) mass is 383 g/mol. The van der Waals surface area contributed by atoms with Crippen molar-refractivity contribution in [2.75, 3.05) is 6.61 Å². The number of carbonyl (C=O) groups is 1. The van der Waals surface area contributed by atoms with Gasteiger partial charge in [-0.15, -0.1) is 0 Å². The number of amides is 1. The number of aliphatic hydroxyl groups excluding tert-OH is 1. The van der Waals surface area contributed by atoms with E-state index in [1.165, 1.54) is 12.1 Å². The molecule has 0 radical (unpaired) electrons. The Labute approximate surface area is 158 Å². The Kier molecular flexibility index (Phi) is 7.09. The van der Waals surface area contributed by atoms with Crippen LogP contribution in [0.5, 0.6) is 0 Å². The van der Waals surface area contributed by atoms with Crippen LogP contribution in [0, 0.1) is 23.7 Å². The van der Waals surface area contributed by atoms with Gasteiger partial charge >= 0.3 is 6.18 Å². The van der Waals surface area contributed by atoms with Crippen LogP contribution in [-0.4, -0.2) is 17.6 Å². The number of nitrogens with one attached hydrogen (secondary N) is 1. The molecule has 1 aliphatic carbocycles. The van der Waals surface area contributed by atoms with Gasteiger partial charge in [-0.1, -0.05) is 37.6 Å². The summed E-state index contributed by atoms with van der Waals surface area (Å²) in [6.45, 7) is 6.58. The number of aliphatic hydroxyl groups is 1. The van der Waals surface area contributed by atoms with Gasteiger partial charge in [-0.05, 0) is 48.8 Å². The summed E-state index contributed by atoms with van der Waals surface area (Å²) < 4.78 is 37.7. The van der Waals surface area contributed by atoms with Crippen LogP contribution >= 0.6 is 0 Å². The van der Waals surface area contributed by atoms with E-state index in [0.717, 1.165) is 24.1 Å². The summed E-state index contributed by atoms with van der Waals surface area (Å²) in [7, 11) is 0. The van der Waals surface area contributed by atoms with Gasteiger partial charge in [0.2, 0.25) is 5.91 Å². The Morgan fingerprint density at radius 1 is 1.26 bits per heavy atom. The number of hydrogen-bond donors (Lipinski definition) is 2. The van der Waals surface area contributed by atoms with E-state index in [2.05, 4.69) is 25.2 Å². The van der Waals surface area contributed by atoms with Crippen molar-refractivity contribution in [2.45, 2.75) is 46.3 Å². The topological polar surface area (TPSA) is 49.3 Å². The van der Waals surface area contributed by atoms with Crippen molar-refractivity contribution < 1.29 is 23.1 Å². The lowest BCUT2D eigenvalue weighted by Gasteiger charge is -2.36. The molecule has 2 N–H and O–H groups in total. The fraction of sp³-hybridized carbons (Fsp3) is 0.571. The maximum absolute atomic E-state index is 12.6. The van der Waals surface area contributed by atoms with E-state index in [9.17, 15) is 23.1 Å². The van der Waals surface area contributed by atoms with Crippen molar-refractivity contribution in [3.05, 3.63) is 47.0 Å². The van der Waals surface area contributed by atoms with Crippen molar-refractivity contribution in [3.63, 3.8) is 0 Å². The number of alkyl halides is 3. The van der Waals surface area contributed by atoms with Gasteiger partial charge in [0.15, 0.2) is 0 Å². The van der Waals surface area contributed by atoms with Crippen LogP contribution < -0.4 is 5.32 Å². The van der Waals surface area contributed by atoms with Crippen LogP contribution in [0.2, 0.25) is 0 Å². The molecule has 0 spiro atoms. The van der Waals surface area contributed by atoms with E-state index in [0.29, 0.717) is 23.8 Å². The first-order valence-electron chi connectivity index (χ1n) is 9.33. The van der Waals surface area contributed by atoms with Gasteiger partial charge in [-0.2, -0.15) is 13.2 Å². The molecule has 2 rings (SSSR count). The summed E-state index contributed by atoms with van der Waals surface area (Å²) in [6.07, 6.45) is -1.06. The molecule has 1 aliphatic rings. The molecule has 0 fully saturated rings. The van der Waals surface area contributed by atoms with Gasteiger partial charge in [0.1, 0.15) is 0 Å². The van der Waals surface area contributed by atoms with Crippen LogP contribution in [0.25, 0.3) is 0 Å². The van der Waals surface area contributed by atoms with Gasteiger partial charge < -0.3 is 10.4 Å². The van der Waals surface area contributed by atoms with Gasteiger partial charge in [0.25, 0.3) is 0 Å². The maximum atomic E-state index is 12.6. The lowest BCUT2D eigenvalue weighted by Crippen LogP contribution is -2.32. The van der Waals surface area contributed by atoms with E-state index in [1.54, 1.807) is 0 Å². The minimum absolute atomic E-state index is 0.113. The van der Waals surface area contributed by atoms with Crippen molar-refractivity contribution in [2.24, 2.45) is 23.7 Å². The summed E-state index contributed by atoms with van der Waals surface area (Å²) in [5.74, 6) is 0.914. The summed E-state index contributed by atoms with van der Waals surface area (Å²) in [5.41, 5.74) is 1.06. The molecule has 0 saturated heterocycles. The van der Waals surface area contributed by atoms with Gasteiger partial charge in [0.05, 0.1) is 5.56 Å². The zero-order valence-corrected chi connectivity index (χ0v) is 16.0. The minimum atomic E-state index is -4.36. The predicted octanol–water partition coefficient (Wildman–Crippen LogP) is 4.56. The molecule has 0 heterocycles. The SMILES string of the molecule is CC1=CC(CO)C(C(C)C)CC1CC(=O)NCc1ccc(C(F)(F)F)cc1. The zero-order valence-electron chi connectivity index (χ0n) is 16.0. The first kappa shape index (κ1) is 21.5. The van der Waals surface area contributed by atoms with E-state index in [1.807, 2.05) is 6.92 Å². The highest BCUT2D eigenvalue weighted by Gasteiger charge is 2.32. The zero-order chi connectivity index (χ0) is 20.2. The molecule has 3 atom stereocenters. The molecule has 1 aromatic carbocycles. The van der Waals surface area contributed by atoms with Crippen LogP contribution in [0.15, 0.2) is 35.9 Å². The number of rotatable bonds is 6.